The van der Waals surface area contributed by atoms with Crippen molar-refractivity contribution in [2.75, 3.05) is 6.79 Å². The van der Waals surface area contributed by atoms with Crippen molar-refractivity contribution in [2.45, 2.75) is 33.0 Å². The lowest BCUT2D eigenvalue weighted by Gasteiger charge is -2.27. The van der Waals surface area contributed by atoms with E-state index in [4.69, 9.17) is 5.11 Å². The molecule has 0 aromatic carbocycles. The molecule has 0 bridgehead atoms. The number of Topliss-reactive ketones (excluding diaryl/α,β-unsaturated/α-hetero) is 1. The van der Waals surface area contributed by atoms with Crippen LogP contribution >= 0.6 is 0 Å². The van der Waals surface area contributed by atoms with E-state index in [0.717, 1.165) is 0 Å². The molecule has 0 spiro atoms. The molecule has 0 radical (unpaired) electrons. The number of oxime groups is 1. The van der Waals surface area contributed by atoms with Crippen molar-refractivity contribution in [1.82, 2.24) is 0 Å². The Morgan fingerprint density at radius 2 is 2.00 bits per heavy atom. The van der Waals surface area contributed by atoms with Crippen LogP contribution < -0.4 is 0 Å². The van der Waals surface area contributed by atoms with Crippen molar-refractivity contribution < 1.29 is 14.7 Å². The number of nitrogens with zero attached hydrogens (tertiary/aromatic N) is 1. The summed E-state index contributed by atoms with van der Waals surface area (Å²) in [6, 6.07) is 0. The summed E-state index contributed by atoms with van der Waals surface area (Å²) in [4.78, 5) is 16.3. The second-order valence-corrected chi connectivity index (χ2v) is 4.79. The topological polar surface area (TPSA) is 58.9 Å². The Balaban J connectivity index is 4.54. The smallest absolute Gasteiger partial charge is 0.214 e. The number of ketones is 1. The quantitative estimate of drug-likeness (QED) is 0.301. The second-order valence-electron chi connectivity index (χ2n) is 4.79. The zero-order chi connectivity index (χ0) is 11.4. The van der Waals surface area contributed by atoms with Gasteiger partial charge in [-0.3, -0.25) is 4.79 Å². The maximum Gasteiger partial charge on any atom is 0.214 e. The highest BCUT2D eigenvalue weighted by atomic mass is 16.7. The van der Waals surface area contributed by atoms with E-state index >= 15 is 0 Å². The normalized spacial score (nSPS) is 13.2. The van der Waals surface area contributed by atoms with Crippen molar-refractivity contribution in [3.05, 3.63) is 0 Å². The number of carbonyl (C=O) groups is 1. The second kappa shape index (κ2) is 4.60. The lowest BCUT2D eigenvalue weighted by atomic mass is 9.62. The van der Waals surface area contributed by atoms with Crippen LogP contribution in [0.2, 0.25) is 5.31 Å². The monoisotopic (exact) mass is 199 g/mol. The Morgan fingerprint density at radius 3 is 2.36 bits per heavy atom. The summed E-state index contributed by atoms with van der Waals surface area (Å²) in [5.41, 5.74) is -0.673. The Kier molecular flexibility index (Phi) is 4.32. The first-order valence-corrected chi connectivity index (χ1v) is 4.54. The van der Waals surface area contributed by atoms with Crippen molar-refractivity contribution in [1.29, 1.82) is 0 Å². The summed E-state index contributed by atoms with van der Waals surface area (Å²) in [5, 5.41) is 11.4. The van der Waals surface area contributed by atoms with Gasteiger partial charge in [-0.25, -0.2) is 0 Å². The Hall–Kier alpha value is -0.835. The molecule has 0 amide bonds. The first kappa shape index (κ1) is 13.2. The first-order chi connectivity index (χ1) is 6.22. The van der Waals surface area contributed by atoms with Gasteiger partial charge in [-0.05, 0) is 19.2 Å². The lowest BCUT2D eigenvalue weighted by Crippen LogP contribution is -2.34. The van der Waals surface area contributed by atoms with Crippen LogP contribution in [0, 0.1) is 5.41 Å². The molecule has 0 fully saturated rings. The number of aliphatic hydroxyl groups is 1. The van der Waals surface area contributed by atoms with E-state index in [1.54, 1.807) is 13.8 Å². The standard InChI is InChI=1S/C9H18BNO3/c1-8(2,5-11-14-6-12)7(13)9(3,4)10/h5,12H,6,10H2,1-4H3. The zero-order valence-electron chi connectivity index (χ0n) is 9.50. The van der Waals surface area contributed by atoms with Gasteiger partial charge in [0.05, 0.1) is 11.6 Å². The highest BCUT2D eigenvalue weighted by molar-refractivity contribution is 6.30. The van der Waals surface area contributed by atoms with Gasteiger partial charge >= 0.3 is 0 Å². The number of aliphatic hydroxyl groups excluding tert-OH is 1. The van der Waals surface area contributed by atoms with Gasteiger partial charge in [-0.1, -0.05) is 19.0 Å². The molecule has 0 aliphatic carbocycles. The number of rotatable bonds is 5. The fourth-order valence-electron chi connectivity index (χ4n) is 1.23. The van der Waals surface area contributed by atoms with Crippen LogP contribution in [-0.2, 0) is 9.63 Å². The molecular formula is C9H18BNO3. The van der Waals surface area contributed by atoms with Crippen molar-refractivity contribution in [3.8, 4) is 0 Å². The molecule has 1 N–H and O–H groups in total. The van der Waals surface area contributed by atoms with E-state index in [1.165, 1.54) is 6.21 Å². The maximum atomic E-state index is 11.9. The number of hydrogen-bond donors (Lipinski definition) is 1. The molecule has 0 aliphatic heterocycles. The molecule has 0 saturated heterocycles. The Bertz CT molecular complexity index is 231. The molecule has 0 aromatic rings. The van der Waals surface area contributed by atoms with Crippen LogP contribution in [0.25, 0.3) is 0 Å². The molecule has 0 aromatic heterocycles. The minimum Gasteiger partial charge on any atom is -0.368 e. The van der Waals surface area contributed by atoms with Gasteiger partial charge in [0.1, 0.15) is 13.6 Å². The fourth-order valence-corrected chi connectivity index (χ4v) is 1.23. The van der Waals surface area contributed by atoms with E-state index in [2.05, 4.69) is 9.99 Å². The first-order valence-electron chi connectivity index (χ1n) is 4.54. The number of hydrogen-bond acceptors (Lipinski definition) is 4. The van der Waals surface area contributed by atoms with Gasteiger partial charge in [0.2, 0.25) is 6.79 Å². The Morgan fingerprint density at radius 1 is 1.50 bits per heavy atom. The average Bonchev–Trinajstić information content (AvgIpc) is 2.01. The van der Waals surface area contributed by atoms with Gasteiger partial charge in [-0.15, -0.1) is 0 Å². The predicted octanol–water partition coefficient (Wildman–Crippen LogP) is 0.365. The lowest BCUT2D eigenvalue weighted by molar-refractivity contribution is -0.126. The number of carbonyl (C=O) groups excluding carboxylic acids is 1. The SMILES string of the molecule is BC(C)(C)C(=O)C(C)(C)C=NOCO. The van der Waals surface area contributed by atoms with Crippen LogP contribution in [0.4, 0.5) is 0 Å². The van der Waals surface area contributed by atoms with Crippen molar-refractivity contribution in [2.24, 2.45) is 10.6 Å². The predicted molar refractivity (Wildman–Crippen MR) is 58.0 cm³/mol. The van der Waals surface area contributed by atoms with Gasteiger partial charge in [0.15, 0.2) is 0 Å². The molecule has 5 heteroatoms. The molecule has 0 saturated carbocycles. The molecule has 0 unspecified atom stereocenters. The zero-order valence-corrected chi connectivity index (χ0v) is 9.50. The van der Waals surface area contributed by atoms with Crippen LogP contribution in [0.5, 0.6) is 0 Å². The minimum absolute atomic E-state index is 0.0790. The van der Waals surface area contributed by atoms with E-state index in [9.17, 15) is 4.79 Å². The third-order valence-electron chi connectivity index (χ3n) is 1.77. The highest BCUT2D eigenvalue weighted by Crippen LogP contribution is 2.30. The third kappa shape index (κ3) is 3.92. The van der Waals surface area contributed by atoms with E-state index in [-0.39, 0.29) is 5.78 Å². The van der Waals surface area contributed by atoms with Crippen molar-refractivity contribution in [3.63, 3.8) is 0 Å². The summed E-state index contributed by atoms with van der Waals surface area (Å²) >= 11 is 0. The van der Waals surface area contributed by atoms with Gasteiger partial charge in [-0.2, -0.15) is 0 Å². The third-order valence-corrected chi connectivity index (χ3v) is 1.77. The van der Waals surface area contributed by atoms with Crippen LogP contribution in [0.15, 0.2) is 5.16 Å². The molecule has 0 atom stereocenters. The highest BCUT2D eigenvalue weighted by Gasteiger charge is 2.34. The van der Waals surface area contributed by atoms with E-state index in [1.807, 2.05) is 21.7 Å². The molecule has 4 nitrogen and oxygen atoms in total. The van der Waals surface area contributed by atoms with Crippen LogP contribution in [0.3, 0.4) is 0 Å². The summed E-state index contributed by atoms with van der Waals surface area (Å²) in [6.45, 7) is 6.78. The van der Waals surface area contributed by atoms with Crippen LogP contribution in [0.1, 0.15) is 27.7 Å². The van der Waals surface area contributed by atoms with Gasteiger partial charge < -0.3 is 9.94 Å². The summed E-state index contributed by atoms with van der Waals surface area (Å²) < 4.78 is 0. The molecule has 14 heavy (non-hydrogen) atoms. The molecular weight excluding hydrogens is 181 g/mol. The molecule has 80 valence electrons. The van der Waals surface area contributed by atoms with Crippen LogP contribution in [-0.4, -0.2) is 31.7 Å². The Labute approximate surface area is 85.7 Å². The fraction of sp³-hybridized carbons (Fsp3) is 0.778. The maximum absolute atomic E-state index is 11.9. The van der Waals surface area contributed by atoms with Gasteiger partial charge in [0, 0.05) is 0 Å². The molecule has 0 heterocycles. The van der Waals surface area contributed by atoms with E-state index in [0.29, 0.717) is 0 Å². The van der Waals surface area contributed by atoms with E-state index < -0.39 is 17.5 Å². The largest absolute Gasteiger partial charge is 0.368 e. The molecule has 0 aliphatic rings. The van der Waals surface area contributed by atoms with Crippen molar-refractivity contribution >= 4 is 19.8 Å². The summed E-state index contributed by atoms with van der Waals surface area (Å²) in [6.07, 6.45) is 1.41. The molecule has 0 rings (SSSR count). The summed E-state index contributed by atoms with van der Waals surface area (Å²) in [7, 11) is 1.86. The summed E-state index contributed by atoms with van der Waals surface area (Å²) in [5.74, 6) is 0.0790. The average molecular weight is 199 g/mol. The van der Waals surface area contributed by atoms with Gasteiger partial charge in [0.25, 0.3) is 0 Å². The minimum atomic E-state index is -0.673.